The van der Waals surface area contributed by atoms with Gasteiger partial charge in [-0.2, -0.15) is 0 Å². The highest BCUT2D eigenvalue weighted by Crippen LogP contribution is 2.16. The lowest BCUT2D eigenvalue weighted by molar-refractivity contribution is -0.119. The lowest BCUT2D eigenvalue weighted by Crippen LogP contribution is -2.21. The molecule has 0 unspecified atom stereocenters. The Hall–Kier alpha value is -1.62. The van der Waals surface area contributed by atoms with Gasteiger partial charge < -0.3 is 16.2 Å². The normalized spacial score (nSPS) is 10.0. The van der Waals surface area contributed by atoms with Crippen molar-refractivity contribution in [2.45, 2.75) is 13.3 Å². The Morgan fingerprint density at radius 1 is 1.53 bits per heavy atom. The number of carbonyl (C=O) groups excluding carboxylic acids is 1. The maximum atomic E-state index is 10.6. The predicted molar refractivity (Wildman–Crippen MR) is 56.4 cm³/mol. The number of nitrogens with two attached hydrogens (primary N) is 2. The van der Waals surface area contributed by atoms with Gasteiger partial charge in [-0.1, -0.05) is 0 Å². The third-order valence-corrected chi connectivity index (χ3v) is 1.82. The number of hydrogen-bond donors (Lipinski definition) is 2. The van der Waals surface area contributed by atoms with E-state index in [1.54, 1.807) is 6.07 Å². The van der Waals surface area contributed by atoms with Crippen LogP contribution in [-0.4, -0.2) is 24.0 Å². The number of nitrogens with zero attached hydrogens (tertiary/aromatic N) is 1. The van der Waals surface area contributed by atoms with Crippen LogP contribution < -0.4 is 16.2 Å². The van der Waals surface area contributed by atoms with Crippen LogP contribution in [0.1, 0.15) is 11.4 Å². The van der Waals surface area contributed by atoms with Crippen LogP contribution in [0.2, 0.25) is 0 Å². The van der Waals surface area contributed by atoms with E-state index in [1.807, 2.05) is 13.0 Å². The summed E-state index contributed by atoms with van der Waals surface area (Å²) in [4.78, 5) is 14.8. The summed E-state index contributed by atoms with van der Waals surface area (Å²) in [5, 5.41) is 0. The van der Waals surface area contributed by atoms with Gasteiger partial charge in [-0.3, -0.25) is 9.78 Å². The van der Waals surface area contributed by atoms with Gasteiger partial charge >= 0.3 is 0 Å². The van der Waals surface area contributed by atoms with Crippen molar-refractivity contribution in [3.63, 3.8) is 0 Å². The second kappa shape index (κ2) is 5.31. The van der Waals surface area contributed by atoms with Crippen molar-refractivity contribution in [1.29, 1.82) is 0 Å². The molecule has 0 aliphatic carbocycles. The van der Waals surface area contributed by atoms with Crippen LogP contribution in [-0.2, 0) is 11.2 Å². The Morgan fingerprint density at radius 3 is 2.87 bits per heavy atom. The molecular weight excluding hydrogens is 194 g/mol. The number of aromatic nitrogens is 1. The maximum absolute atomic E-state index is 10.6. The van der Waals surface area contributed by atoms with Crippen LogP contribution in [0, 0.1) is 6.92 Å². The standard InChI is InChI=1S/C10H15N3O2/c1-7-2-3-9(15-6-10(12)14)8(13-7)4-5-11/h2-3H,4-6,11H2,1H3,(H2,12,14). The molecule has 0 saturated carbocycles. The smallest absolute Gasteiger partial charge is 0.255 e. The number of ether oxygens (including phenoxy) is 1. The molecule has 4 N–H and O–H groups in total. The van der Waals surface area contributed by atoms with Gasteiger partial charge in [0, 0.05) is 12.1 Å². The van der Waals surface area contributed by atoms with Crippen molar-refractivity contribution in [1.82, 2.24) is 4.98 Å². The van der Waals surface area contributed by atoms with Gasteiger partial charge in [0.05, 0.1) is 5.69 Å². The first-order valence-corrected chi connectivity index (χ1v) is 4.71. The minimum atomic E-state index is -0.505. The number of primary amides is 1. The molecule has 0 atom stereocenters. The van der Waals surface area contributed by atoms with Crippen molar-refractivity contribution >= 4 is 5.91 Å². The molecule has 0 spiro atoms. The fourth-order valence-corrected chi connectivity index (χ4v) is 1.19. The Kier molecular flexibility index (Phi) is 4.05. The van der Waals surface area contributed by atoms with E-state index in [4.69, 9.17) is 16.2 Å². The molecule has 1 heterocycles. The molecule has 5 nitrogen and oxygen atoms in total. The van der Waals surface area contributed by atoms with Crippen LogP contribution in [0.25, 0.3) is 0 Å². The van der Waals surface area contributed by atoms with E-state index in [1.165, 1.54) is 0 Å². The Bertz CT molecular complexity index is 353. The Labute approximate surface area is 88.4 Å². The molecule has 1 rings (SSSR count). The van der Waals surface area contributed by atoms with Gasteiger partial charge in [0.2, 0.25) is 0 Å². The highest BCUT2D eigenvalue weighted by molar-refractivity contribution is 5.75. The van der Waals surface area contributed by atoms with Crippen molar-refractivity contribution < 1.29 is 9.53 Å². The van der Waals surface area contributed by atoms with Crippen LogP contribution in [0.5, 0.6) is 5.75 Å². The molecule has 5 heteroatoms. The lowest BCUT2D eigenvalue weighted by Gasteiger charge is -2.09. The molecule has 0 radical (unpaired) electrons. The van der Waals surface area contributed by atoms with E-state index >= 15 is 0 Å². The summed E-state index contributed by atoms with van der Waals surface area (Å²) in [7, 11) is 0. The summed E-state index contributed by atoms with van der Waals surface area (Å²) in [6.45, 7) is 2.24. The molecule has 15 heavy (non-hydrogen) atoms. The third-order valence-electron chi connectivity index (χ3n) is 1.82. The second-order valence-electron chi connectivity index (χ2n) is 3.19. The van der Waals surface area contributed by atoms with Gasteiger partial charge in [-0.15, -0.1) is 0 Å². The topological polar surface area (TPSA) is 91.2 Å². The molecule has 1 amide bonds. The molecule has 0 aromatic carbocycles. The summed E-state index contributed by atoms with van der Waals surface area (Å²) >= 11 is 0. The first-order chi connectivity index (χ1) is 7.13. The number of amides is 1. The summed E-state index contributed by atoms with van der Waals surface area (Å²) in [6, 6.07) is 3.59. The van der Waals surface area contributed by atoms with Crippen molar-refractivity contribution in [2.24, 2.45) is 11.5 Å². The van der Waals surface area contributed by atoms with Crippen molar-refractivity contribution in [2.75, 3.05) is 13.2 Å². The average molecular weight is 209 g/mol. The monoisotopic (exact) mass is 209 g/mol. The molecule has 82 valence electrons. The average Bonchev–Trinajstić information content (AvgIpc) is 2.17. The van der Waals surface area contributed by atoms with E-state index in [9.17, 15) is 4.79 Å². The fraction of sp³-hybridized carbons (Fsp3) is 0.400. The Balaban J connectivity index is 2.80. The zero-order valence-corrected chi connectivity index (χ0v) is 8.69. The molecule has 1 aromatic rings. The number of rotatable bonds is 5. The third kappa shape index (κ3) is 3.55. The zero-order valence-electron chi connectivity index (χ0n) is 8.69. The SMILES string of the molecule is Cc1ccc(OCC(N)=O)c(CCN)n1. The molecule has 0 saturated heterocycles. The quantitative estimate of drug-likeness (QED) is 0.699. The van der Waals surface area contributed by atoms with Crippen LogP contribution in [0.3, 0.4) is 0 Å². The van der Waals surface area contributed by atoms with E-state index in [0.717, 1.165) is 11.4 Å². The van der Waals surface area contributed by atoms with E-state index in [0.29, 0.717) is 18.7 Å². The van der Waals surface area contributed by atoms with E-state index < -0.39 is 5.91 Å². The molecule has 0 bridgehead atoms. The summed E-state index contributed by atoms with van der Waals surface area (Å²) in [5.41, 5.74) is 12.1. The van der Waals surface area contributed by atoms with Gasteiger partial charge in [0.25, 0.3) is 5.91 Å². The minimum Gasteiger partial charge on any atom is -0.482 e. The van der Waals surface area contributed by atoms with Gasteiger partial charge in [0.1, 0.15) is 5.75 Å². The van der Waals surface area contributed by atoms with Gasteiger partial charge in [-0.05, 0) is 25.6 Å². The number of hydrogen-bond acceptors (Lipinski definition) is 4. The van der Waals surface area contributed by atoms with E-state index in [-0.39, 0.29) is 6.61 Å². The number of aryl methyl sites for hydroxylation is 1. The Morgan fingerprint density at radius 2 is 2.27 bits per heavy atom. The summed E-state index contributed by atoms with van der Waals surface area (Å²) < 4.78 is 5.21. The molecular formula is C10H15N3O2. The van der Waals surface area contributed by atoms with Crippen molar-refractivity contribution in [3.05, 3.63) is 23.5 Å². The number of pyridine rings is 1. The first-order valence-electron chi connectivity index (χ1n) is 4.71. The summed E-state index contributed by atoms with van der Waals surface area (Å²) in [5.74, 6) is 0.0686. The van der Waals surface area contributed by atoms with Crippen LogP contribution in [0.4, 0.5) is 0 Å². The molecule has 1 aromatic heterocycles. The minimum absolute atomic E-state index is 0.137. The predicted octanol–water partition coefficient (Wildman–Crippen LogP) is -0.245. The van der Waals surface area contributed by atoms with Crippen LogP contribution in [0.15, 0.2) is 12.1 Å². The first kappa shape index (κ1) is 11.5. The molecule has 0 aliphatic heterocycles. The number of carbonyl (C=O) groups is 1. The van der Waals surface area contributed by atoms with Crippen LogP contribution >= 0.6 is 0 Å². The van der Waals surface area contributed by atoms with E-state index in [2.05, 4.69) is 4.98 Å². The molecule has 0 fully saturated rings. The lowest BCUT2D eigenvalue weighted by atomic mass is 10.2. The van der Waals surface area contributed by atoms with Crippen molar-refractivity contribution in [3.8, 4) is 5.75 Å². The summed E-state index contributed by atoms with van der Waals surface area (Å²) in [6.07, 6.45) is 0.621. The van der Waals surface area contributed by atoms with Gasteiger partial charge in [-0.25, -0.2) is 0 Å². The highest BCUT2D eigenvalue weighted by Gasteiger charge is 2.06. The highest BCUT2D eigenvalue weighted by atomic mass is 16.5. The van der Waals surface area contributed by atoms with Gasteiger partial charge in [0.15, 0.2) is 6.61 Å². The zero-order chi connectivity index (χ0) is 11.3. The fourth-order valence-electron chi connectivity index (χ4n) is 1.19. The largest absolute Gasteiger partial charge is 0.482 e. The molecule has 0 aliphatic rings. The maximum Gasteiger partial charge on any atom is 0.255 e. The second-order valence-corrected chi connectivity index (χ2v) is 3.19.